The standard InChI is InChI=1S/C59H97NO8/c1-3-5-7-9-11-13-15-17-19-20-21-22-23-24-25-26-27-28-29-30-31-32-33-34-35-37-39-41-43-45-47-49-55(63)60-52(51-67-59-58(66)57(65)56(64)54(50-61)68-59)53(62)48-46-44-42-40-38-36-18-16-14-12-10-8-6-4-2/h5,7,11,13,17,19,21-22,24-25,27-28,30-31,33-34,37,39,46,48,52-54,56-59,61-62,64-66H,3-4,6,8-10,12,14-16,18,20,23,26,29,32,35-36,38,40-45,47,49-51H2,1-2H3,(H,60,63)/b7-5-,13-11-,19-17-,22-21-,25-24-,28-27-,31-30-,34-33-,39-37-,48-46+. The first-order valence-corrected chi connectivity index (χ1v) is 26.8. The van der Waals surface area contributed by atoms with Gasteiger partial charge in [-0.15, -0.1) is 0 Å². The minimum Gasteiger partial charge on any atom is -0.394 e. The quantitative estimate of drug-likeness (QED) is 0.0261. The minimum absolute atomic E-state index is 0.210. The smallest absolute Gasteiger partial charge is 0.220 e. The van der Waals surface area contributed by atoms with Gasteiger partial charge in [0.15, 0.2) is 6.29 Å². The predicted molar refractivity (Wildman–Crippen MR) is 285 cm³/mol. The fraction of sp³-hybridized carbons (Fsp3) is 0.644. The highest BCUT2D eigenvalue weighted by molar-refractivity contribution is 5.76. The number of hydrogen-bond donors (Lipinski definition) is 6. The molecular weight excluding hydrogens is 851 g/mol. The maximum atomic E-state index is 13.0. The van der Waals surface area contributed by atoms with E-state index in [0.717, 1.165) is 96.3 Å². The van der Waals surface area contributed by atoms with Gasteiger partial charge in [0, 0.05) is 6.42 Å². The number of hydrogen-bond acceptors (Lipinski definition) is 8. The highest BCUT2D eigenvalue weighted by Crippen LogP contribution is 2.22. The molecule has 0 saturated carbocycles. The van der Waals surface area contributed by atoms with Gasteiger partial charge >= 0.3 is 0 Å². The maximum Gasteiger partial charge on any atom is 0.220 e. The average Bonchev–Trinajstić information content (AvgIpc) is 3.34. The lowest BCUT2D eigenvalue weighted by Gasteiger charge is -2.40. The van der Waals surface area contributed by atoms with E-state index in [9.17, 15) is 30.3 Å². The zero-order chi connectivity index (χ0) is 49.4. The molecule has 0 spiro atoms. The second kappa shape index (κ2) is 47.3. The van der Waals surface area contributed by atoms with Crippen LogP contribution in [-0.4, -0.2) is 87.5 Å². The van der Waals surface area contributed by atoms with E-state index in [1.54, 1.807) is 6.08 Å². The number of aliphatic hydroxyl groups is 5. The normalized spacial score (nSPS) is 20.6. The molecule has 1 aliphatic rings. The topological polar surface area (TPSA) is 149 Å². The van der Waals surface area contributed by atoms with Crippen molar-refractivity contribution in [3.05, 3.63) is 122 Å². The van der Waals surface area contributed by atoms with E-state index in [1.165, 1.54) is 64.2 Å². The number of carbonyl (C=O) groups is 1. The molecule has 0 aliphatic carbocycles. The summed E-state index contributed by atoms with van der Waals surface area (Å²) in [6, 6.07) is -0.831. The second-order valence-electron chi connectivity index (χ2n) is 17.9. The van der Waals surface area contributed by atoms with Gasteiger partial charge in [0.05, 0.1) is 25.4 Å². The van der Waals surface area contributed by atoms with E-state index in [1.807, 2.05) is 6.08 Å². The number of aliphatic hydroxyl groups excluding tert-OH is 5. The molecule has 1 aliphatic heterocycles. The number of ether oxygens (including phenoxy) is 2. The molecule has 0 bridgehead atoms. The molecule has 9 nitrogen and oxygen atoms in total. The van der Waals surface area contributed by atoms with E-state index in [4.69, 9.17) is 9.47 Å². The Kier molecular flexibility index (Phi) is 43.5. The highest BCUT2D eigenvalue weighted by Gasteiger charge is 2.44. The van der Waals surface area contributed by atoms with Gasteiger partial charge in [-0.3, -0.25) is 4.79 Å². The molecule has 0 aromatic heterocycles. The van der Waals surface area contributed by atoms with Gasteiger partial charge in [0.1, 0.15) is 24.4 Å². The molecule has 386 valence electrons. The molecule has 1 amide bonds. The van der Waals surface area contributed by atoms with Crippen LogP contribution >= 0.6 is 0 Å². The van der Waals surface area contributed by atoms with Crippen molar-refractivity contribution in [3.63, 3.8) is 0 Å². The van der Waals surface area contributed by atoms with Crippen LogP contribution in [-0.2, 0) is 14.3 Å². The molecule has 1 heterocycles. The van der Waals surface area contributed by atoms with Crippen molar-refractivity contribution < 1.29 is 39.8 Å². The van der Waals surface area contributed by atoms with E-state index >= 15 is 0 Å². The Hall–Kier alpha value is -3.41. The summed E-state index contributed by atoms with van der Waals surface area (Å²) in [4.78, 5) is 13.0. The van der Waals surface area contributed by atoms with Crippen molar-refractivity contribution in [2.24, 2.45) is 0 Å². The van der Waals surface area contributed by atoms with E-state index in [-0.39, 0.29) is 12.5 Å². The summed E-state index contributed by atoms with van der Waals surface area (Å²) >= 11 is 0. The number of rotatable bonds is 43. The summed E-state index contributed by atoms with van der Waals surface area (Å²) in [6.45, 7) is 3.62. The van der Waals surface area contributed by atoms with Crippen molar-refractivity contribution in [2.75, 3.05) is 13.2 Å². The van der Waals surface area contributed by atoms with Crippen molar-refractivity contribution in [3.8, 4) is 0 Å². The van der Waals surface area contributed by atoms with Crippen LogP contribution in [0.15, 0.2) is 122 Å². The molecule has 7 atom stereocenters. The number of amides is 1. The third-order valence-corrected chi connectivity index (χ3v) is 11.8. The average molecular weight is 948 g/mol. The first-order valence-electron chi connectivity index (χ1n) is 26.8. The van der Waals surface area contributed by atoms with Gasteiger partial charge in [-0.1, -0.05) is 212 Å². The van der Waals surface area contributed by atoms with Crippen LogP contribution in [0.5, 0.6) is 0 Å². The highest BCUT2D eigenvalue weighted by atomic mass is 16.7. The van der Waals surface area contributed by atoms with E-state index in [0.29, 0.717) is 12.8 Å². The van der Waals surface area contributed by atoms with Crippen LogP contribution in [0.4, 0.5) is 0 Å². The molecule has 7 unspecified atom stereocenters. The molecule has 68 heavy (non-hydrogen) atoms. The van der Waals surface area contributed by atoms with Crippen molar-refractivity contribution >= 4 is 5.91 Å². The van der Waals surface area contributed by atoms with E-state index < -0.39 is 49.5 Å². The Balaban J connectivity index is 2.29. The Morgan fingerprint density at radius 3 is 1.35 bits per heavy atom. The molecule has 9 heteroatoms. The largest absolute Gasteiger partial charge is 0.394 e. The lowest BCUT2D eigenvalue weighted by Crippen LogP contribution is -2.60. The third kappa shape index (κ3) is 36.6. The first kappa shape index (κ1) is 62.6. The fourth-order valence-corrected chi connectivity index (χ4v) is 7.56. The Labute approximate surface area is 414 Å². The number of unbranched alkanes of at least 4 members (excludes halogenated alkanes) is 15. The van der Waals surface area contributed by atoms with E-state index in [2.05, 4.69) is 129 Å². The second-order valence-corrected chi connectivity index (χ2v) is 17.9. The number of carbonyl (C=O) groups excluding carboxylic acids is 1. The molecule has 0 aromatic rings. The van der Waals surface area contributed by atoms with Crippen molar-refractivity contribution in [2.45, 2.75) is 230 Å². The first-order chi connectivity index (χ1) is 33.3. The third-order valence-electron chi connectivity index (χ3n) is 11.8. The van der Waals surface area contributed by atoms with Gasteiger partial charge in [-0.25, -0.2) is 0 Å². The van der Waals surface area contributed by atoms with Gasteiger partial charge in [0.25, 0.3) is 0 Å². The Bertz CT molecular complexity index is 1470. The van der Waals surface area contributed by atoms with Crippen LogP contribution in [0, 0.1) is 0 Å². The molecule has 1 rings (SSSR count). The molecule has 0 aromatic carbocycles. The fourth-order valence-electron chi connectivity index (χ4n) is 7.56. The van der Waals surface area contributed by atoms with Crippen LogP contribution in [0.2, 0.25) is 0 Å². The minimum atomic E-state index is -1.58. The zero-order valence-electron chi connectivity index (χ0n) is 42.6. The molecule has 6 N–H and O–H groups in total. The van der Waals surface area contributed by atoms with Gasteiger partial charge < -0.3 is 40.3 Å². The molecule has 1 saturated heterocycles. The Morgan fingerprint density at radius 2 is 0.912 bits per heavy atom. The summed E-state index contributed by atoms with van der Waals surface area (Å²) in [5.41, 5.74) is 0. The monoisotopic (exact) mass is 948 g/mol. The van der Waals surface area contributed by atoms with Crippen LogP contribution in [0.3, 0.4) is 0 Å². The molecular formula is C59H97NO8. The molecule has 0 radical (unpaired) electrons. The van der Waals surface area contributed by atoms with Crippen LogP contribution < -0.4 is 5.32 Å². The summed E-state index contributed by atoms with van der Waals surface area (Å²) in [5, 5.41) is 54.3. The Morgan fingerprint density at radius 1 is 0.515 bits per heavy atom. The SMILES string of the molecule is CC/C=C\C/C=C\C/C=C\C/C=C\C/C=C\C/C=C\C/C=C\C/C=C\C/C=C\CCCCCC(=O)NC(COC1OC(CO)C(O)C(O)C1O)C(O)/C=C/CCCCCCCCCCCCCC. The summed E-state index contributed by atoms with van der Waals surface area (Å²) in [7, 11) is 0. The lowest BCUT2D eigenvalue weighted by atomic mass is 9.99. The number of allylic oxidation sites excluding steroid dienone is 19. The van der Waals surface area contributed by atoms with Crippen molar-refractivity contribution in [1.29, 1.82) is 0 Å². The summed E-state index contributed by atoms with van der Waals surface area (Å²) in [6.07, 6.45) is 63.9. The van der Waals surface area contributed by atoms with Gasteiger partial charge in [0.2, 0.25) is 5.91 Å². The molecule has 1 fully saturated rings. The van der Waals surface area contributed by atoms with Gasteiger partial charge in [-0.2, -0.15) is 0 Å². The zero-order valence-corrected chi connectivity index (χ0v) is 42.6. The summed E-state index contributed by atoms with van der Waals surface area (Å²) < 4.78 is 11.2. The van der Waals surface area contributed by atoms with Crippen molar-refractivity contribution in [1.82, 2.24) is 5.32 Å². The number of nitrogens with one attached hydrogen (secondary N) is 1. The lowest BCUT2D eigenvalue weighted by molar-refractivity contribution is -0.302. The van der Waals surface area contributed by atoms with Crippen LogP contribution in [0.25, 0.3) is 0 Å². The summed E-state index contributed by atoms with van der Waals surface area (Å²) in [5.74, 6) is -0.215. The van der Waals surface area contributed by atoms with Crippen LogP contribution in [0.1, 0.15) is 187 Å². The maximum absolute atomic E-state index is 13.0. The predicted octanol–water partition coefficient (Wildman–Crippen LogP) is 12.8. The van der Waals surface area contributed by atoms with Gasteiger partial charge in [-0.05, 0) is 89.9 Å².